The summed E-state index contributed by atoms with van der Waals surface area (Å²) in [4.78, 5) is 6.67. The summed E-state index contributed by atoms with van der Waals surface area (Å²) in [6.07, 6.45) is 3.63. The van der Waals surface area contributed by atoms with Gasteiger partial charge in [-0.2, -0.15) is 0 Å². The van der Waals surface area contributed by atoms with Gasteiger partial charge in [-0.3, -0.25) is 4.99 Å². The quantitative estimate of drug-likeness (QED) is 0.395. The van der Waals surface area contributed by atoms with Gasteiger partial charge in [-0.05, 0) is 42.8 Å². The number of nitrogens with one attached hydrogen (secondary N) is 2. The third-order valence-electron chi connectivity index (χ3n) is 4.19. The van der Waals surface area contributed by atoms with Gasteiger partial charge >= 0.3 is 0 Å². The van der Waals surface area contributed by atoms with Crippen molar-refractivity contribution < 1.29 is 4.42 Å². The highest BCUT2D eigenvalue weighted by Gasteiger charge is 2.23. The fourth-order valence-corrected chi connectivity index (χ4v) is 3.04. The third-order valence-corrected chi connectivity index (χ3v) is 4.44. The predicted octanol–water partition coefficient (Wildman–Crippen LogP) is 3.54. The Morgan fingerprint density at radius 3 is 2.80 bits per heavy atom. The molecule has 3 rings (SSSR count). The molecule has 0 amide bonds. The monoisotopic (exact) mass is 474 g/mol. The van der Waals surface area contributed by atoms with Crippen molar-refractivity contribution in [3.8, 4) is 0 Å². The van der Waals surface area contributed by atoms with Crippen molar-refractivity contribution in [2.24, 2.45) is 4.99 Å². The van der Waals surface area contributed by atoms with Crippen LogP contribution in [-0.2, 0) is 6.42 Å². The molecule has 1 aliphatic heterocycles. The van der Waals surface area contributed by atoms with E-state index in [0.717, 1.165) is 49.2 Å². The van der Waals surface area contributed by atoms with Crippen molar-refractivity contribution >= 4 is 47.2 Å². The molecule has 2 heterocycles. The van der Waals surface area contributed by atoms with Gasteiger partial charge in [-0.15, -0.1) is 24.0 Å². The number of aliphatic imine (C=N–C) groups is 1. The van der Waals surface area contributed by atoms with Crippen molar-refractivity contribution in [2.75, 3.05) is 31.6 Å². The summed E-state index contributed by atoms with van der Waals surface area (Å²) in [5, 5.41) is 7.61. The number of benzene rings is 1. The molecule has 1 fully saturated rings. The zero-order chi connectivity index (χ0) is 16.8. The van der Waals surface area contributed by atoms with Crippen LogP contribution in [0.15, 0.2) is 52.1 Å². The summed E-state index contributed by atoms with van der Waals surface area (Å²) in [7, 11) is 1.80. The summed E-state index contributed by atoms with van der Waals surface area (Å²) in [6, 6.07) is 12.3. The molecule has 1 saturated heterocycles. The molecular weight excluding hydrogens is 451 g/mol. The van der Waals surface area contributed by atoms with E-state index >= 15 is 0 Å². The van der Waals surface area contributed by atoms with Crippen molar-refractivity contribution in [1.82, 2.24) is 10.6 Å². The minimum atomic E-state index is 0. The van der Waals surface area contributed by atoms with Crippen LogP contribution in [-0.4, -0.2) is 38.7 Å². The van der Waals surface area contributed by atoms with Crippen molar-refractivity contribution in [1.29, 1.82) is 0 Å². The third kappa shape index (κ3) is 5.81. The lowest BCUT2D eigenvalue weighted by Gasteiger charge is -2.20. The number of hydrogen-bond donors (Lipinski definition) is 2. The van der Waals surface area contributed by atoms with Crippen molar-refractivity contribution in [2.45, 2.75) is 18.9 Å². The molecule has 1 aliphatic rings. The van der Waals surface area contributed by atoms with Gasteiger partial charge in [-0.1, -0.05) is 11.6 Å². The fourth-order valence-electron chi connectivity index (χ4n) is 2.91. The standard InChI is InChI=1S/C18H23ClN4O.HI/c1-20-18(21-10-8-17-3-2-12-24-17)22-15-9-11-23(13-15)16-6-4-14(19)5-7-16;/h2-7,12,15H,8-11,13H2,1H3,(H2,20,21,22);1H. The maximum atomic E-state index is 5.96. The normalized spacial score (nSPS) is 17.3. The van der Waals surface area contributed by atoms with Crippen LogP contribution in [0.1, 0.15) is 12.2 Å². The molecule has 0 aliphatic carbocycles. The molecule has 0 saturated carbocycles. The minimum Gasteiger partial charge on any atom is -0.469 e. The van der Waals surface area contributed by atoms with Gasteiger partial charge in [0, 0.05) is 49.9 Å². The zero-order valence-electron chi connectivity index (χ0n) is 14.2. The van der Waals surface area contributed by atoms with E-state index in [1.165, 1.54) is 5.69 Å². The van der Waals surface area contributed by atoms with Crippen LogP contribution in [0.3, 0.4) is 0 Å². The number of hydrogen-bond acceptors (Lipinski definition) is 3. The molecule has 136 valence electrons. The largest absolute Gasteiger partial charge is 0.469 e. The molecule has 1 atom stereocenters. The topological polar surface area (TPSA) is 52.8 Å². The molecule has 5 nitrogen and oxygen atoms in total. The first-order chi connectivity index (χ1) is 11.7. The van der Waals surface area contributed by atoms with Gasteiger partial charge in [0.2, 0.25) is 0 Å². The molecule has 2 N–H and O–H groups in total. The van der Waals surface area contributed by atoms with Gasteiger partial charge in [0.25, 0.3) is 0 Å². The second-order valence-corrected chi connectivity index (χ2v) is 6.32. The van der Waals surface area contributed by atoms with E-state index < -0.39 is 0 Å². The number of furan rings is 1. The zero-order valence-corrected chi connectivity index (χ0v) is 17.3. The lowest BCUT2D eigenvalue weighted by Crippen LogP contribution is -2.45. The SMILES string of the molecule is CN=C(NCCc1ccco1)NC1CCN(c2ccc(Cl)cc2)C1.I. The van der Waals surface area contributed by atoms with E-state index in [2.05, 4.69) is 32.7 Å². The van der Waals surface area contributed by atoms with Gasteiger partial charge < -0.3 is 20.0 Å². The molecule has 2 aromatic rings. The Labute approximate surface area is 170 Å². The second kappa shape index (κ2) is 9.91. The van der Waals surface area contributed by atoms with E-state index in [-0.39, 0.29) is 24.0 Å². The lowest BCUT2D eigenvalue weighted by molar-refractivity contribution is 0.506. The number of rotatable bonds is 5. The Morgan fingerprint density at radius 1 is 1.32 bits per heavy atom. The molecule has 1 aromatic carbocycles. The highest BCUT2D eigenvalue weighted by atomic mass is 127. The first-order valence-electron chi connectivity index (χ1n) is 8.24. The molecule has 7 heteroatoms. The Kier molecular flexibility index (Phi) is 7.90. The summed E-state index contributed by atoms with van der Waals surface area (Å²) in [5.41, 5.74) is 1.21. The van der Waals surface area contributed by atoms with Crippen LogP contribution in [0.4, 0.5) is 5.69 Å². The molecule has 0 bridgehead atoms. The predicted molar refractivity (Wildman–Crippen MR) is 114 cm³/mol. The maximum absolute atomic E-state index is 5.96. The van der Waals surface area contributed by atoms with Gasteiger partial charge in [0.15, 0.2) is 5.96 Å². The highest BCUT2D eigenvalue weighted by molar-refractivity contribution is 14.0. The van der Waals surface area contributed by atoms with E-state index in [1.807, 2.05) is 24.3 Å². The molecule has 1 unspecified atom stereocenters. The van der Waals surface area contributed by atoms with Crippen LogP contribution in [0.5, 0.6) is 0 Å². The summed E-state index contributed by atoms with van der Waals surface area (Å²) >= 11 is 5.96. The molecule has 25 heavy (non-hydrogen) atoms. The molecule has 0 radical (unpaired) electrons. The maximum Gasteiger partial charge on any atom is 0.191 e. The number of halogens is 2. The van der Waals surface area contributed by atoms with Gasteiger partial charge in [-0.25, -0.2) is 0 Å². The first-order valence-corrected chi connectivity index (χ1v) is 8.62. The van der Waals surface area contributed by atoms with Crippen LogP contribution >= 0.6 is 35.6 Å². The fraction of sp³-hybridized carbons (Fsp3) is 0.389. The van der Waals surface area contributed by atoms with Crippen LogP contribution in [0.2, 0.25) is 5.02 Å². The number of guanidine groups is 1. The van der Waals surface area contributed by atoms with Crippen LogP contribution in [0, 0.1) is 0 Å². The Morgan fingerprint density at radius 2 is 2.12 bits per heavy atom. The molecular formula is C18H24ClIN4O. The van der Waals surface area contributed by atoms with E-state index in [0.29, 0.717) is 6.04 Å². The summed E-state index contributed by atoms with van der Waals surface area (Å²) in [5.74, 6) is 1.82. The van der Waals surface area contributed by atoms with E-state index in [4.69, 9.17) is 16.0 Å². The van der Waals surface area contributed by atoms with Gasteiger partial charge in [0.05, 0.1) is 6.26 Å². The Balaban J connectivity index is 0.00000225. The van der Waals surface area contributed by atoms with Crippen molar-refractivity contribution in [3.05, 3.63) is 53.4 Å². The average molecular weight is 475 g/mol. The lowest BCUT2D eigenvalue weighted by atomic mass is 10.2. The number of anilines is 1. The number of nitrogens with zero attached hydrogens (tertiary/aromatic N) is 2. The summed E-state index contributed by atoms with van der Waals surface area (Å²) < 4.78 is 5.34. The van der Waals surface area contributed by atoms with E-state index in [9.17, 15) is 0 Å². The molecule has 0 spiro atoms. The Bertz CT molecular complexity index is 660. The highest BCUT2D eigenvalue weighted by Crippen LogP contribution is 2.22. The molecule has 1 aromatic heterocycles. The minimum absolute atomic E-state index is 0. The van der Waals surface area contributed by atoms with Crippen LogP contribution < -0.4 is 15.5 Å². The summed E-state index contributed by atoms with van der Waals surface area (Å²) in [6.45, 7) is 2.78. The van der Waals surface area contributed by atoms with Crippen LogP contribution in [0.25, 0.3) is 0 Å². The average Bonchev–Trinajstić information content (AvgIpc) is 3.26. The van der Waals surface area contributed by atoms with Crippen molar-refractivity contribution in [3.63, 3.8) is 0 Å². The first kappa shape index (κ1) is 19.9. The Hall–Kier alpha value is -1.41. The van der Waals surface area contributed by atoms with Gasteiger partial charge in [0.1, 0.15) is 5.76 Å². The smallest absolute Gasteiger partial charge is 0.191 e. The van der Waals surface area contributed by atoms with E-state index in [1.54, 1.807) is 13.3 Å². The second-order valence-electron chi connectivity index (χ2n) is 5.88.